The van der Waals surface area contributed by atoms with Gasteiger partial charge in [-0.15, -0.1) is 11.8 Å². The van der Waals surface area contributed by atoms with Crippen LogP contribution < -0.4 is 5.32 Å². The summed E-state index contributed by atoms with van der Waals surface area (Å²) in [6.07, 6.45) is 1.42. The van der Waals surface area contributed by atoms with Gasteiger partial charge in [-0.05, 0) is 55.5 Å². The number of hydrogen-bond acceptors (Lipinski definition) is 3. The van der Waals surface area contributed by atoms with Crippen LogP contribution in [0.5, 0.6) is 0 Å². The maximum absolute atomic E-state index is 13.3. The van der Waals surface area contributed by atoms with Crippen LogP contribution in [-0.2, 0) is 21.9 Å². The van der Waals surface area contributed by atoms with E-state index in [1.165, 1.54) is 0 Å². The Labute approximate surface area is 195 Å². The zero-order chi connectivity index (χ0) is 22.8. The van der Waals surface area contributed by atoms with Crippen LogP contribution in [-0.4, -0.2) is 34.6 Å². The molecule has 0 fully saturated rings. The van der Waals surface area contributed by atoms with E-state index in [9.17, 15) is 9.59 Å². The van der Waals surface area contributed by atoms with Crippen molar-refractivity contribution in [3.63, 3.8) is 0 Å². The summed E-state index contributed by atoms with van der Waals surface area (Å²) in [7, 11) is 0. The number of benzene rings is 2. The minimum absolute atomic E-state index is 0.0200. The molecule has 4 nitrogen and oxygen atoms in total. The third-order valence-corrected chi connectivity index (χ3v) is 6.64. The summed E-state index contributed by atoms with van der Waals surface area (Å²) in [6.45, 7) is 8.45. The van der Waals surface area contributed by atoms with Crippen molar-refractivity contribution in [2.45, 2.75) is 64.9 Å². The lowest BCUT2D eigenvalue weighted by molar-refractivity contribution is -0.139. The standard InChI is InChI=1S/C25H33ClN2O2S/c1-5-19(4)27-25(30)23(6-2)28(15-21-10-8-7-9-18(21)3)24(29)17-31-16-20-11-13-22(26)14-12-20/h7-14,19,23H,5-6,15-17H2,1-4H3,(H,27,30)/t19-,23+/m1/s1. The third-order valence-electron chi connectivity index (χ3n) is 5.40. The Morgan fingerprint density at radius 1 is 1.06 bits per heavy atom. The highest BCUT2D eigenvalue weighted by atomic mass is 35.5. The van der Waals surface area contributed by atoms with Crippen LogP contribution >= 0.6 is 23.4 Å². The number of amides is 2. The lowest BCUT2D eigenvalue weighted by atomic mass is 10.1. The smallest absolute Gasteiger partial charge is 0.243 e. The number of carbonyl (C=O) groups is 2. The van der Waals surface area contributed by atoms with E-state index >= 15 is 0 Å². The second-order valence-electron chi connectivity index (χ2n) is 7.81. The van der Waals surface area contributed by atoms with E-state index in [0.717, 1.165) is 28.9 Å². The van der Waals surface area contributed by atoms with Crippen molar-refractivity contribution in [1.82, 2.24) is 10.2 Å². The fourth-order valence-corrected chi connectivity index (χ4v) is 4.25. The molecule has 0 aromatic heterocycles. The second-order valence-corrected chi connectivity index (χ2v) is 9.23. The number of thioether (sulfide) groups is 1. The Kier molecular flexibility index (Phi) is 10.4. The van der Waals surface area contributed by atoms with Crippen LogP contribution in [0, 0.1) is 6.92 Å². The van der Waals surface area contributed by atoms with Crippen molar-refractivity contribution in [3.8, 4) is 0 Å². The predicted molar refractivity (Wildman–Crippen MR) is 131 cm³/mol. The number of aryl methyl sites for hydroxylation is 1. The molecule has 0 unspecified atom stereocenters. The molecule has 168 valence electrons. The van der Waals surface area contributed by atoms with E-state index in [2.05, 4.69) is 5.32 Å². The van der Waals surface area contributed by atoms with Gasteiger partial charge in [0.2, 0.25) is 11.8 Å². The van der Waals surface area contributed by atoms with Gasteiger partial charge in [0.05, 0.1) is 5.75 Å². The molecule has 2 aromatic rings. The van der Waals surface area contributed by atoms with Gasteiger partial charge < -0.3 is 10.2 Å². The van der Waals surface area contributed by atoms with Crippen LogP contribution in [0.3, 0.4) is 0 Å². The maximum atomic E-state index is 13.3. The Balaban J connectivity index is 2.14. The Morgan fingerprint density at radius 2 is 1.74 bits per heavy atom. The van der Waals surface area contributed by atoms with Crippen LogP contribution in [0.2, 0.25) is 5.02 Å². The Bertz CT molecular complexity index is 857. The molecular formula is C25H33ClN2O2S. The zero-order valence-electron chi connectivity index (χ0n) is 18.9. The van der Waals surface area contributed by atoms with Crippen molar-refractivity contribution in [2.75, 3.05) is 5.75 Å². The van der Waals surface area contributed by atoms with Crippen molar-refractivity contribution < 1.29 is 9.59 Å². The van der Waals surface area contributed by atoms with Gasteiger partial charge in [0.15, 0.2) is 0 Å². The quantitative estimate of drug-likeness (QED) is 0.474. The van der Waals surface area contributed by atoms with E-state index in [1.807, 2.05) is 76.2 Å². The van der Waals surface area contributed by atoms with E-state index in [0.29, 0.717) is 23.7 Å². The van der Waals surface area contributed by atoms with Gasteiger partial charge in [-0.2, -0.15) is 0 Å². The second kappa shape index (κ2) is 12.8. The Hall–Kier alpha value is -1.98. The minimum atomic E-state index is -0.489. The molecule has 0 heterocycles. The molecule has 1 N–H and O–H groups in total. The van der Waals surface area contributed by atoms with E-state index < -0.39 is 6.04 Å². The van der Waals surface area contributed by atoms with Gasteiger partial charge >= 0.3 is 0 Å². The van der Waals surface area contributed by atoms with E-state index in [1.54, 1.807) is 16.7 Å². The topological polar surface area (TPSA) is 49.4 Å². The highest BCUT2D eigenvalue weighted by molar-refractivity contribution is 7.99. The number of halogens is 1. The SMILES string of the molecule is CC[C@@H](C)NC(=O)[C@H](CC)N(Cc1ccccc1C)C(=O)CSCc1ccc(Cl)cc1. The molecule has 2 amide bonds. The molecule has 6 heteroatoms. The fourth-order valence-electron chi connectivity index (χ4n) is 3.25. The van der Waals surface area contributed by atoms with Gasteiger partial charge in [0.25, 0.3) is 0 Å². The van der Waals surface area contributed by atoms with Crippen LogP contribution in [0.15, 0.2) is 48.5 Å². The van der Waals surface area contributed by atoms with Crippen molar-refractivity contribution in [2.24, 2.45) is 0 Å². The first-order chi connectivity index (χ1) is 14.8. The lowest BCUT2D eigenvalue weighted by Gasteiger charge is -2.32. The monoisotopic (exact) mass is 460 g/mol. The average molecular weight is 461 g/mol. The number of hydrogen-bond donors (Lipinski definition) is 1. The summed E-state index contributed by atoms with van der Waals surface area (Å²) in [4.78, 5) is 28.0. The molecule has 0 saturated carbocycles. The molecule has 2 atom stereocenters. The average Bonchev–Trinajstić information content (AvgIpc) is 2.76. The zero-order valence-corrected chi connectivity index (χ0v) is 20.4. The first-order valence-corrected chi connectivity index (χ1v) is 12.4. The van der Waals surface area contributed by atoms with Crippen molar-refractivity contribution in [3.05, 3.63) is 70.2 Å². The van der Waals surface area contributed by atoms with Crippen LogP contribution in [0.4, 0.5) is 0 Å². The summed E-state index contributed by atoms with van der Waals surface area (Å²) in [6, 6.07) is 15.3. The van der Waals surface area contributed by atoms with Gasteiger partial charge in [0.1, 0.15) is 6.04 Å². The molecule has 31 heavy (non-hydrogen) atoms. The predicted octanol–water partition coefficient (Wildman–Crippen LogP) is 5.60. The number of nitrogens with zero attached hydrogens (tertiary/aromatic N) is 1. The van der Waals surface area contributed by atoms with Crippen molar-refractivity contribution >= 4 is 35.2 Å². The number of nitrogens with one attached hydrogen (secondary N) is 1. The normalized spacial score (nSPS) is 12.8. The summed E-state index contributed by atoms with van der Waals surface area (Å²) < 4.78 is 0. The molecular weight excluding hydrogens is 428 g/mol. The largest absolute Gasteiger partial charge is 0.352 e. The third kappa shape index (κ3) is 7.89. The molecule has 2 aromatic carbocycles. The summed E-state index contributed by atoms with van der Waals surface area (Å²) in [5, 5.41) is 3.75. The number of carbonyl (C=O) groups excluding carboxylic acids is 2. The number of rotatable bonds is 11. The van der Waals surface area contributed by atoms with Gasteiger partial charge in [-0.1, -0.05) is 61.8 Å². The fraction of sp³-hybridized carbons (Fsp3) is 0.440. The molecule has 2 rings (SSSR count). The molecule has 0 saturated heterocycles. The van der Waals surface area contributed by atoms with E-state index in [4.69, 9.17) is 11.6 Å². The highest BCUT2D eigenvalue weighted by Gasteiger charge is 2.29. The summed E-state index contributed by atoms with van der Waals surface area (Å²) in [5.74, 6) is 0.938. The molecule has 0 radical (unpaired) electrons. The lowest BCUT2D eigenvalue weighted by Crippen LogP contribution is -2.51. The highest BCUT2D eigenvalue weighted by Crippen LogP contribution is 2.20. The van der Waals surface area contributed by atoms with Gasteiger partial charge in [-0.3, -0.25) is 9.59 Å². The van der Waals surface area contributed by atoms with Crippen LogP contribution in [0.1, 0.15) is 50.3 Å². The summed E-state index contributed by atoms with van der Waals surface area (Å²) in [5.41, 5.74) is 3.30. The van der Waals surface area contributed by atoms with Gasteiger partial charge in [-0.25, -0.2) is 0 Å². The van der Waals surface area contributed by atoms with Gasteiger partial charge in [0, 0.05) is 23.4 Å². The molecule has 0 aliphatic heterocycles. The Morgan fingerprint density at radius 3 is 2.35 bits per heavy atom. The molecule has 0 aliphatic carbocycles. The maximum Gasteiger partial charge on any atom is 0.243 e. The molecule has 0 aliphatic rings. The van der Waals surface area contributed by atoms with Crippen molar-refractivity contribution in [1.29, 1.82) is 0 Å². The molecule has 0 bridgehead atoms. The van der Waals surface area contributed by atoms with Crippen LogP contribution in [0.25, 0.3) is 0 Å². The first-order valence-electron chi connectivity index (χ1n) is 10.8. The van der Waals surface area contributed by atoms with E-state index in [-0.39, 0.29) is 17.9 Å². The summed E-state index contributed by atoms with van der Waals surface area (Å²) >= 11 is 7.50. The first kappa shape index (κ1) is 25.3. The minimum Gasteiger partial charge on any atom is -0.352 e. The molecule has 0 spiro atoms.